The normalized spacial score (nSPS) is 14.6. The van der Waals surface area contributed by atoms with Gasteiger partial charge in [0.05, 0.1) is 16.5 Å². The molecular formula is C25H57F2NP2S. The number of rotatable bonds is 17. The van der Waals surface area contributed by atoms with Gasteiger partial charge in [-0.3, -0.25) is 0 Å². The lowest BCUT2D eigenvalue weighted by atomic mass is 9.77. The van der Waals surface area contributed by atoms with E-state index in [1.165, 1.54) is 31.4 Å². The molecule has 192 valence electrons. The first-order valence-corrected chi connectivity index (χ1v) is 17.2. The van der Waals surface area contributed by atoms with Crippen molar-refractivity contribution in [3.8, 4) is 0 Å². The maximum Gasteiger partial charge on any atom is 0.0839 e. The summed E-state index contributed by atoms with van der Waals surface area (Å²) in [4.78, 5) is 0. The minimum atomic E-state index is -1.40. The first kappa shape index (κ1) is 36.6. The molecule has 0 aliphatic carbocycles. The summed E-state index contributed by atoms with van der Waals surface area (Å²) in [6, 6.07) is 0. The van der Waals surface area contributed by atoms with Crippen LogP contribution in [0.25, 0.3) is 0 Å². The number of halogens is 2. The third-order valence-electron chi connectivity index (χ3n) is 5.60. The van der Waals surface area contributed by atoms with E-state index >= 15 is 0 Å². The van der Waals surface area contributed by atoms with Crippen molar-refractivity contribution in [1.82, 2.24) is 0 Å². The van der Waals surface area contributed by atoms with Gasteiger partial charge >= 0.3 is 0 Å². The Morgan fingerprint density at radius 2 is 1.42 bits per heavy atom. The summed E-state index contributed by atoms with van der Waals surface area (Å²) in [5.74, 6) is 2.87. The van der Waals surface area contributed by atoms with Crippen molar-refractivity contribution in [2.75, 3.05) is 37.5 Å². The van der Waals surface area contributed by atoms with Gasteiger partial charge in [0.1, 0.15) is 0 Å². The molecule has 0 radical (unpaired) electrons. The monoisotopic (exact) mass is 503 g/mol. The molecule has 0 spiro atoms. The molecule has 0 amide bonds. The summed E-state index contributed by atoms with van der Waals surface area (Å²) in [5, 5.41) is -0.180. The molecule has 6 heteroatoms. The fraction of sp³-hybridized carbons (Fsp3) is 1.00. The Kier molecular flexibility index (Phi) is 26.9. The fourth-order valence-corrected chi connectivity index (χ4v) is 5.58. The summed E-state index contributed by atoms with van der Waals surface area (Å²) < 4.78 is 27.0. The average Bonchev–Trinajstić information content (AvgIpc) is 2.71. The number of thioether (sulfide) groups is 1. The molecule has 0 bridgehead atoms. The molecule has 0 aromatic rings. The topological polar surface area (TPSA) is 26.0 Å². The van der Waals surface area contributed by atoms with E-state index in [-0.39, 0.29) is 5.16 Å². The van der Waals surface area contributed by atoms with Crippen LogP contribution in [0.1, 0.15) is 107 Å². The van der Waals surface area contributed by atoms with Gasteiger partial charge in [-0.25, -0.2) is 8.39 Å². The minimum Gasteiger partial charge on any atom is -0.330 e. The van der Waals surface area contributed by atoms with E-state index in [4.69, 9.17) is 5.73 Å². The first-order valence-electron chi connectivity index (χ1n) is 12.5. The van der Waals surface area contributed by atoms with Crippen LogP contribution in [0.3, 0.4) is 0 Å². The molecule has 0 aliphatic heterocycles. The highest BCUT2D eigenvalue weighted by molar-refractivity contribution is 7.99. The van der Waals surface area contributed by atoms with E-state index in [9.17, 15) is 8.39 Å². The van der Waals surface area contributed by atoms with Crippen LogP contribution in [0.2, 0.25) is 0 Å². The van der Waals surface area contributed by atoms with Gasteiger partial charge in [-0.15, -0.1) is 0 Å². The Bertz CT molecular complexity index is 367. The molecule has 0 fully saturated rings. The van der Waals surface area contributed by atoms with Gasteiger partial charge in [0.2, 0.25) is 0 Å². The summed E-state index contributed by atoms with van der Waals surface area (Å²) >= 11 is 1.95. The van der Waals surface area contributed by atoms with Crippen molar-refractivity contribution in [3.63, 3.8) is 0 Å². The second-order valence-electron chi connectivity index (χ2n) is 9.39. The lowest BCUT2D eigenvalue weighted by molar-refractivity contribution is 0.230. The van der Waals surface area contributed by atoms with Crippen molar-refractivity contribution in [2.24, 2.45) is 17.1 Å². The lowest BCUT2D eigenvalue weighted by Gasteiger charge is -2.33. The molecule has 0 saturated carbocycles. The molecule has 2 N–H and O–H groups in total. The Morgan fingerprint density at radius 3 is 1.90 bits per heavy atom. The highest BCUT2D eigenvalue weighted by Gasteiger charge is 2.29. The van der Waals surface area contributed by atoms with Crippen molar-refractivity contribution in [1.29, 1.82) is 0 Å². The van der Waals surface area contributed by atoms with Crippen LogP contribution in [-0.4, -0.2) is 42.7 Å². The first-order chi connectivity index (χ1) is 14.5. The maximum absolute atomic E-state index is 14.0. The van der Waals surface area contributed by atoms with Crippen LogP contribution in [0.15, 0.2) is 0 Å². The predicted octanol–water partition coefficient (Wildman–Crippen LogP) is 10.3. The van der Waals surface area contributed by atoms with Crippen LogP contribution in [-0.2, 0) is 0 Å². The largest absolute Gasteiger partial charge is 0.330 e. The highest BCUT2D eigenvalue weighted by Crippen LogP contribution is 2.51. The highest BCUT2D eigenvalue weighted by atomic mass is 32.2. The molecule has 0 rings (SSSR count). The van der Waals surface area contributed by atoms with E-state index < -0.39 is 16.5 Å². The van der Waals surface area contributed by atoms with Gasteiger partial charge in [-0.2, -0.15) is 11.8 Å². The molecule has 0 aliphatic rings. The second-order valence-corrected chi connectivity index (χ2v) is 14.4. The molecule has 0 heterocycles. The summed E-state index contributed by atoms with van der Waals surface area (Å²) in [5.41, 5.74) is 5.91. The molecule has 3 unspecified atom stereocenters. The molecule has 0 saturated heterocycles. The number of hydrogen-bond acceptors (Lipinski definition) is 2. The predicted molar refractivity (Wildman–Crippen MR) is 150 cm³/mol. The lowest BCUT2D eigenvalue weighted by Crippen LogP contribution is -2.22. The summed E-state index contributed by atoms with van der Waals surface area (Å²) in [6.07, 6.45) is 9.80. The van der Waals surface area contributed by atoms with E-state index in [2.05, 4.69) is 27.7 Å². The second kappa shape index (κ2) is 22.8. The van der Waals surface area contributed by atoms with Gasteiger partial charge in [-0.05, 0) is 68.7 Å². The van der Waals surface area contributed by atoms with Gasteiger partial charge in [-0.1, -0.05) is 74.7 Å². The van der Waals surface area contributed by atoms with Crippen molar-refractivity contribution in [3.05, 3.63) is 0 Å². The van der Waals surface area contributed by atoms with Crippen molar-refractivity contribution < 1.29 is 8.39 Å². The molecule has 0 aromatic carbocycles. The van der Waals surface area contributed by atoms with E-state index in [1.54, 1.807) is 13.3 Å². The van der Waals surface area contributed by atoms with E-state index in [0.29, 0.717) is 11.3 Å². The molecule has 1 nitrogen and oxygen atoms in total. The van der Waals surface area contributed by atoms with Crippen LogP contribution in [0.5, 0.6) is 0 Å². The molecule has 31 heavy (non-hydrogen) atoms. The third-order valence-corrected chi connectivity index (χ3v) is 9.45. The van der Waals surface area contributed by atoms with Gasteiger partial charge in [0, 0.05) is 17.5 Å². The quantitative estimate of drug-likeness (QED) is 0.158. The molecule has 3 atom stereocenters. The fourth-order valence-electron chi connectivity index (χ4n) is 3.42. The zero-order valence-electron chi connectivity index (χ0n) is 22.7. The van der Waals surface area contributed by atoms with Gasteiger partial charge < -0.3 is 5.73 Å². The summed E-state index contributed by atoms with van der Waals surface area (Å²) in [6.45, 7) is 21.1. The van der Waals surface area contributed by atoms with Gasteiger partial charge in [0.25, 0.3) is 0 Å². The zero-order valence-corrected chi connectivity index (χ0v) is 25.3. The zero-order chi connectivity index (χ0) is 24.9. The van der Waals surface area contributed by atoms with Crippen LogP contribution in [0.4, 0.5) is 8.39 Å². The van der Waals surface area contributed by atoms with Crippen LogP contribution < -0.4 is 5.73 Å². The maximum atomic E-state index is 14.0. The SMILES string of the molecule is CC.CC.CP(F)CCCCCC(CCC(C)(C)P(C)F)CC(C)(C)CCSCCN. The Balaban J connectivity index is -0.00000184. The number of nitrogens with two attached hydrogens (primary N) is 1. The minimum absolute atomic E-state index is 0.180. The number of unbranched alkanes of at least 4 members (excludes halogenated alkanes) is 2. The van der Waals surface area contributed by atoms with E-state index in [0.717, 1.165) is 44.1 Å². The van der Waals surface area contributed by atoms with Crippen molar-refractivity contribution in [2.45, 2.75) is 112 Å². The molecule has 0 aromatic heterocycles. The van der Waals surface area contributed by atoms with Crippen LogP contribution >= 0.6 is 28.2 Å². The molecular weight excluding hydrogens is 446 g/mol. The standard InChI is InChI=1S/C21H45F2NP2S.2C2H6/c1-20(2,13-16-27-17-14-24)18-19(10-8-7-9-15-25(5)22)11-12-21(3,4)26(6)23;2*1-2/h19H,7-18,24H2,1-6H3;2*1-2H3. The number of hydrogen-bond donors (Lipinski definition) is 1. The van der Waals surface area contributed by atoms with Crippen molar-refractivity contribution >= 4 is 28.2 Å². The Morgan fingerprint density at radius 1 is 0.839 bits per heavy atom. The third kappa shape index (κ3) is 24.0. The Hall–Kier alpha value is 1.03. The average molecular weight is 504 g/mol. The summed E-state index contributed by atoms with van der Waals surface area (Å²) in [7, 11) is -2.65. The van der Waals surface area contributed by atoms with E-state index in [1.807, 2.05) is 39.5 Å². The smallest absolute Gasteiger partial charge is 0.0839 e. The van der Waals surface area contributed by atoms with Gasteiger partial charge in [0.15, 0.2) is 0 Å². The Labute approximate surface area is 203 Å². The van der Waals surface area contributed by atoms with Crippen LogP contribution in [0, 0.1) is 11.3 Å².